The third-order valence-electron chi connectivity index (χ3n) is 7.85. The Morgan fingerprint density at radius 2 is 1.50 bits per heavy atom. The molecule has 3 rings (SSSR count). The molecule has 0 saturated carbocycles. The van der Waals surface area contributed by atoms with Crippen LogP contribution >= 0.6 is 0 Å². The minimum absolute atomic E-state index is 0.229. The maximum absolute atomic E-state index is 13.0. The average Bonchev–Trinajstić information content (AvgIpc) is 3.09. The van der Waals surface area contributed by atoms with Gasteiger partial charge in [-0.2, -0.15) is 22.0 Å². The number of sulfone groups is 1. The summed E-state index contributed by atoms with van der Waals surface area (Å²) in [6.45, 7) is 1.30. The maximum Gasteiger partial charge on any atom is 0.453 e. The number of halogens is 5. The van der Waals surface area contributed by atoms with Crippen molar-refractivity contribution < 1.29 is 35.5 Å². The van der Waals surface area contributed by atoms with Gasteiger partial charge in [0, 0.05) is 6.42 Å². The van der Waals surface area contributed by atoms with E-state index in [-0.39, 0.29) is 5.75 Å². The lowest BCUT2D eigenvalue weighted by molar-refractivity contribution is -0.284. The number of nitrogens with zero attached hydrogens (tertiary/aromatic N) is 1. The molecule has 0 radical (unpaired) electrons. The number of rotatable bonds is 16. The number of hydrogen-bond acceptors (Lipinski definition) is 4. The summed E-state index contributed by atoms with van der Waals surface area (Å²) >= 11 is 0. The SMILES string of the molecule is CN(CCCCCCC1=C(c2ccccc2)CCCc2cc(O)ccc21)CCCS(=O)(=O)CCCC(F)(F)C(F)(F)F. The van der Waals surface area contributed by atoms with Crippen LogP contribution in [0, 0.1) is 0 Å². The van der Waals surface area contributed by atoms with Crippen LogP contribution in [0.5, 0.6) is 5.75 Å². The lowest BCUT2D eigenvalue weighted by atomic mass is 9.89. The topological polar surface area (TPSA) is 57.6 Å². The molecule has 0 fully saturated rings. The summed E-state index contributed by atoms with van der Waals surface area (Å²) in [4.78, 5) is 2.03. The Morgan fingerprint density at radius 3 is 2.21 bits per heavy atom. The van der Waals surface area contributed by atoms with Crippen LogP contribution in [0.2, 0.25) is 0 Å². The van der Waals surface area contributed by atoms with Crippen LogP contribution in [0.4, 0.5) is 22.0 Å². The molecule has 0 unspecified atom stereocenters. The number of aromatic hydroxyl groups is 1. The zero-order valence-electron chi connectivity index (χ0n) is 24.2. The van der Waals surface area contributed by atoms with E-state index in [1.807, 2.05) is 30.1 Å². The van der Waals surface area contributed by atoms with E-state index in [1.165, 1.54) is 27.8 Å². The van der Waals surface area contributed by atoms with Gasteiger partial charge in [-0.1, -0.05) is 49.2 Å². The Hall–Kier alpha value is -2.46. The summed E-state index contributed by atoms with van der Waals surface area (Å²) < 4.78 is 86.9. The Labute approximate surface area is 246 Å². The summed E-state index contributed by atoms with van der Waals surface area (Å²) in [7, 11) is -1.79. The maximum atomic E-state index is 13.0. The zero-order valence-corrected chi connectivity index (χ0v) is 25.1. The van der Waals surface area contributed by atoms with Gasteiger partial charge in [-0.15, -0.1) is 0 Å². The summed E-state index contributed by atoms with van der Waals surface area (Å²) in [6.07, 6.45) is 0.367. The zero-order chi connectivity index (χ0) is 30.8. The second-order valence-electron chi connectivity index (χ2n) is 11.3. The third kappa shape index (κ3) is 10.4. The molecule has 1 N–H and O–H groups in total. The predicted octanol–water partition coefficient (Wildman–Crippen LogP) is 8.30. The number of aryl methyl sites for hydroxylation is 1. The first kappa shape index (κ1) is 34.0. The van der Waals surface area contributed by atoms with Gasteiger partial charge in [0.25, 0.3) is 0 Å². The predicted molar refractivity (Wildman–Crippen MR) is 158 cm³/mol. The number of allylic oxidation sites excluding steroid dienone is 2. The van der Waals surface area contributed by atoms with Gasteiger partial charge in [-0.05, 0) is 111 Å². The molecule has 0 heterocycles. The van der Waals surface area contributed by atoms with Gasteiger partial charge in [0.1, 0.15) is 15.6 Å². The molecule has 1 aliphatic carbocycles. The van der Waals surface area contributed by atoms with Crippen LogP contribution in [0.15, 0.2) is 48.5 Å². The summed E-state index contributed by atoms with van der Waals surface area (Å²) in [5, 5.41) is 10.0. The highest BCUT2D eigenvalue weighted by Gasteiger charge is 2.56. The van der Waals surface area contributed by atoms with Crippen molar-refractivity contribution in [3.63, 3.8) is 0 Å². The van der Waals surface area contributed by atoms with Gasteiger partial charge < -0.3 is 10.0 Å². The molecule has 0 spiro atoms. The fourth-order valence-corrected chi connectivity index (χ4v) is 6.91. The first-order chi connectivity index (χ1) is 19.8. The van der Waals surface area contributed by atoms with Crippen molar-refractivity contribution in [1.29, 1.82) is 0 Å². The molecule has 42 heavy (non-hydrogen) atoms. The molecule has 2 aromatic carbocycles. The van der Waals surface area contributed by atoms with Gasteiger partial charge in [-0.3, -0.25) is 0 Å². The van der Waals surface area contributed by atoms with E-state index in [0.29, 0.717) is 18.7 Å². The van der Waals surface area contributed by atoms with Gasteiger partial charge >= 0.3 is 12.1 Å². The van der Waals surface area contributed by atoms with E-state index in [1.54, 1.807) is 6.07 Å². The van der Waals surface area contributed by atoms with E-state index in [2.05, 4.69) is 24.3 Å². The standard InChI is InChI=1S/C32H42F5NO3S/c1-38(21-11-23-42(40,41)22-10-19-31(33,34)32(35,36)37)20-8-3-2-7-15-30-28(25-12-5-4-6-13-25)16-9-14-26-24-27(39)17-18-29(26)30/h4-6,12-13,17-18,24,39H,2-3,7-11,14-16,19-23H2,1H3. The number of hydrogen-bond donors (Lipinski definition) is 1. The first-order valence-corrected chi connectivity index (χ1v) is 16.5. The molecule has 1 aliphatic rings. The molecular weight excluding hydrogens is 573 g/mol. The van der Waals surface area contributed by atoms with Gasteiger partial charge in [0.2, 0.25) is 0 Å². The molecule has 2 aromatic rings. The Kier molecular flexibility index (Phi) is 12.4. The quantitative estimate of drug-likeness (QED) is 0.152. The molecule has 0 aliphatic heterocycles. The highest BCUT2D eigenvalue weighted by Crippen LogP contribution is 2.40. The average molecular weight is 616 g/mol. The minimum Gasteiger partial charge on any atom is -0.508 e. The van der Waals surface area contributed by atoms with Crippen LogP contribution in [0.1, 0.15) is 80.9 Å². The molecule has 4 nitrogen and oxygen atoms in total. The molecule has 0 amide bonds. The summed E-state index contributed by atoms with van der Waals surface area (Å²) in [5.41, 5.74) is 6.40. The second kappa shape index (κ2) is 15.3. The van der Waals surface area contributed by atoms with Crippen LogP contribution in [0.25, 0.3) is 11.1 Å². The Balaban J connectivity index is 1.40. The summed E-state index contributed by atoms with van der Waals surface area (Å²) in [6, 6.07) is 16.2. The van der Waals surface area contributed by atoms with Crippen molar-refractivity contribution in [2.24, 2.45) is 0 Å². The van der Waals surface area contributed by atoms with E-state index in [0.717, 1.165) is 57.9 Å². The van der Waals surface area contributed by atoms with Crippen molar-refractivity contribution in [3.8, 4) is 5.75 Å². The van der Waals surface area contributed by atoms with Crippen LogP contribution in [-0.4, -0.2) is 62.2 Å². The van der Waals surface area contributed by atoms with E-state index in [9.17, 15) is 35.5 Å². The number of phenolic OH excluding ortho intramolecular Hbond substituents is 1. The molecule has 0 saturated heterocycles. The molecule has 0 aromatic heterocycles. The van der Waals surface area contributed by atoms with Gasteiger partial charge in [0.15, 0.2) is 0 Å². The second-order valence-corrected chi connectivity index (χ2v) is 13.6. The monoisotopic (exact) mass is 615 g/mol. The minimum atomic E-state index is -5.66. The third-order valence-corrected chi connectivity index (χ3v) is 9.67. The Bertz CT molecular complexity index is 1280. The fourth-order valence-electron chi connectivity index (χ4n) is 5.56. The Morgan fingerprint density at radius 1 is 0.833 bits per heavy atom. The fraction of sp³-hybridized carbons (Fsp3) is 0.562. The smallest absolute Gasteiger partial charge is 0.453 e. The molecule has 0 bridgehead atoms. The molecule has 234 valence electrons. The molecule has 10 heteroatoms. The highest BCUT2D eigenvalue weighted by atomic mass is 32.2. The number of phenols is 1. The van der Waals surface area contributed by atoms with Crippen molar-refractivity contribution >= 4 is 21.0 Å². The number of unbranched alkanes of at least 4 members (excludes halogenated alkanes) is 3. The first-order valence-electron chi connectivity index (χ1n) is 14.7. The van der Waals surface area contributed by atoms with Crippen molar-refractivity contribution in [2.75, 3.05) is 31.6 Å². The lowest BCUT2D eigenvalue weighted by Crippen LogP contribution is -2.36. The molecular formula is C32H42F5NO3S. The number of benzene rings is 2. The van der Waals surface area contributed by atoms with Gasteiger partial charge in [0.05, 0.1) is 11.5 Å². The summed E-state index contributed by atoms with van der Waals surface area (Å²) in [5.74, 6) is -5.47. The van der Waals surface area contributed by atoms with E-state index >= 15 is 0 Å². The number of alkyl halides is 5. The molecule has 0 atom stereocenters. The van der Waals surface area contributed by atoms with Crippen LogP contribution < -0.4 is 0 Å². The van der Waals surface area contributed by atoms with E-state index < -0.39 is 40.5 Å². The van der Waals surface area contributed by atoms with Crippen molar-refractivity contribution in [3.05, 3.63) is 65.2 Å². The number of fused-ring (bicyclic) bond motifs is 1. The van der Waals surface area contributed by atoms with Crippen molar-refractivity contribution in [2.45, 2.75) is 82.7 Å². The largest absolute Gasteiger partial charge is 0.508 e. The van der Waals surface area contributed by atoms with Gasteiger partial charge in [-0.25, -0.2) is 8.42 Å². The van der Waals surface area contributed by atoms with Crippen molar-refractivity contribution in [1.82, 2.24) is 4.90 Å². The van der Waals surface area contributed by atoms with E-state index in [4.69, 9.17) is 0 Å². The van der Waals surface area contributed by atoms with Crippen LogP contribution in [-0.2, 0) is 16.3 Å². The van der Waals surface area contributed by atoms with Crippen LogP contribution in [0.3, 0.4) is 0 Å². The normalized spacial score (nSPS) is 14.7. The lowest BCUT2D eigenvalue weighted by Gasteiger charge is -2.19. The highest BCUT2D eigenvalue weighted by molar-refractivity contribution is 7.91.